The number of carbonyl (C=O) groups is 1. The van der Waals surface area contributed by atoms with E-state index >= 15 is 0 Å². The largest absolute Gasteiger partial charge is 0.486 e. The molecule has 5 aromatic rings. The molecule has 0 saturated heterocycles. The first kappa shape index (κ1) is 23.2. The number of hydrogen-bond donors (Lipinski definition) is 1. The summed E-state index contributed by atoms with van der Waals surface area (Å²) in [5, 5.41) is 7.76. The Balaban J connectivity index is 1.28. The highest BCUT2D eigenvalue weighted by Crippen LogP contribution is 2.24. The van der Waals surface area contributed by atoms with Crippen LogP contribution < -0.4 is 10.1 Å². The molecule has 1 N–H and O–H groups in total. The lowest BCUT2D eigenvalue weighted by molar-refractivity contribution is 0.0919. The number of amides is 1. The Bertz CT molecular complexity index is 1450. The fourth-order valence-corrected chi connectivity index (χ4v) is 4.10. The van der Waals surface area contributed by atoms with Gasteiger partial charge in [-0.25, -0.2) is 4.68 Å². The third kappa shape index (κ3) is 5.39. The van der Waals surface area contributed by atoms with Crippen molar-refractivity contribution in [1.29, 1.82) is 0 Å². The highest BCUT2D eigenvalue weighted by atomic mass is 16.5. The zero-order valence-corrected chi connectivity index (χ0v) is 20.3. The number of aryl methyl sites for hydroxylation is 2. The Kier molecular flexibility index (Phi) is 6.67. The van der Waals surface area contributed by atoms with Gasteiger partial charge in [0.25, 0.3) is 5.91 Å². The van der Waals surface area contributed by atoms with Crippen LogP contribution in [-0.4, -0.2) is 15.7 Å². The van der Waals surface area contributed by atoms with Gasteiger partial charge < -0.3 is 14.5 Å². The number of aromatic nitrogens is 2. The van der Waals surface area contributed by atoms with E-state index in [0.717, 1.165) is 39.4 Å². The van der Waals surface area contributed by atoms with Gasteiger partial charge in [-0.3, -0.25) is 4.79 Å². The Morgan fingerprint density at radius 2 is 1.61 bits per heavy atom. The standard InChI is InChI=1S/C30H27N3O3/c1-21-15-22(2)17-27(16-21)35-20-26-13-14-28(36-26)30(34)31-18-24-19-33(25-11-7-4-8-12-25)32-29(24)23-9-5-3-6-10-23/h3-17,19H,18,20H2,1-2H3,(H,31,34). The number of furan rings is 1. The van der Waals surface area contributed by atoms with Crippen molar-refractivity contribution < 1.29 is 13.9 Å². The van der Waals surface area contributed by atoms with Crippen molar-refractivity contribution in [3.8, 4) is 22.7 Å². The summed E-state index contributed by atoms with van der Waals surface area (Å²) < 4.78 is 13.4. The molecule has 0 saturated carbocycles. The van der Waals surface area contributed by atoms with Crippen molar-refractivity contribution in [3.05, 3.63) is 125 Å². The second-order valence-corrected chi connectivity index (χ2v) is 8.71. The van der Waals surface area contributed by atoms with Gasteiger partial charge in [0.2, 0.25) is 0 Å². The maximum absolute atomic E-state index is 12.8. The molecule has 3 aromatic carbocycles. The van der Waals surface area contributed by atoms with E-state index in [2.05, 4.69) is 11.4 Å². The Morgan fingerprint density at radius 1 is 0.917 bits per heavy atom. The number of carbonyl (C=O) groups excluding carboxylic acids is 1. The molecule has 180 valence electrons. The Hall–Kier alpha value is -4.58. The Morgan fingerprint density at radius 3 is 2.33 bits per heavy atom. The quantitative estimate of drug-likeness (QED) is 0.286. The fourth-order valence-electron chi connectivity index (χ4n) is 4.10. The van der Waals surface area contributed by atoms with Crippen LogP contribution in [0.3, 0.4) is 0 Å². The molecule has 1 amide bonds. The predicted octanol–water partition coefficient (Wildman–Crippen LogP) is 6.26. The molecule has 6 nitrogen and oxygen atoms in total. The highest BCUT2D eigenvalue weighted by molar-refractivity contribution is 5.91. The molecule has 36 heavy (non-hydrogen) atoms. The van der Waals surface area contributed by atoms with Crippen LogP contribution in [-0.2, 0) is 13.2 Å². The van der Waals surface area contributed by atoms with E-state index in [0.29, 0.717) is 12.3 Å². The summed E-state index contributed by atoms with van der Waals surface area (Å²) in [5.41, 5.74) is 5.93. The van der Waals surface area contributed by atoms with Gasteiger partial charge in [-0.15, -0.1) is 0 Å². The molecule has 2 heterocycles. The molecule has 0 atom stereocenters. The van der Waals surface area contributed by atoms with Crippen molar-refractivity contribution in [2.45, 2.75) is 27.0 Å². The van der Waals surface area contributed by atoms with Crippen LogP contribution in [0.1, 0.15) is 33.0 Å². The lowest BCUT2D eigenvalue weighted by atomic mass is 10.1. The van der Waals surface area contributed by atoms with Gasteiger partial charge in [-0.2, -0.15) is 5.10 Å². The minimum absolute atomic E-state index is 0.241. The third-order valence-electron chi connectivity index (χ3n) is 5.76. The van der Waals surface area contributed by atoms with Gasteiger partial charge in [0.1, 0.15) is 18.1 Å². The minimum Gasteiger partial charge on any atom is -0.486 e. The van der Waals surface area contributed by atoms with Crippen molar-refractivity contribution in [3.63, 3.8) is 0 Å². The second kappa shape index (κ2) is 10.4. The van der Waals surface area contributed by atoms with Gasteiger partial charge in [-0.05, 0) is 61.4 Å². The molecule has 6 heteroatoms. The Labute approximate surface area is 210 Å². The maximum Gasteiger partial charge on any atom is 0.287 e. The first-order valence-corrected chi connectivity index (χ1v) is 11.8. The van der Waals surface area contributed by atoms with E-state index in [1.807, 2.05) is 97.5 Å². The number of rotatable bonds is 8. The molecular weight excluding hydrogens is 450 g/mol. The molecule has 0 unspecified atom stereocenters. The van der Waals surface area contributed by atoms with Crippen LogP contribution in [0.2, 0.25) is 0 Å². The van der Waals surface area contributed by atoms with Gasteiger partial charge in [0.05, 0.1) is 11.4 Å². The number of ether oxygens (including phenoxy) is 1. The van der Waals surface area contributed by atoms with Gasteiger partial charge >= 0.3 is 0 Å². The fraction of sp³-hybridized carbons (Fsp3) is 0.133. The summed E-state index contributed by atoms with van der Waals surface area (Å²) in [4.78, 5) is 12.8. The molecule has 0 spiro atoms. The molecule has 0 aliphatic heterocycles. The van der Waals surface area contributed by atoms with E-state index in [-0.39, 0.29) is 18.3 Å². The van der Waals surface area contributed by atoms with Crippen LogP contribution in [0.5, 0.6) is 5.75 Å². The smallest absolute Gasteiger partial charge is 0.287 e. The number of nitrogens with zero attached hydrogens (tertiary/aromatic N) is 2. The lowest BCUT2D eigenvalue weighted by Gasteiger charge is -2.07. The summed E-state index contributed by atoms with van der Waals surface area (Å²) in [6.07, 6.45) is 1.95. The second-order valence-electron chi connectivity index (χ2n) is 8.71. The summed E-state index contributed by atoms with van der Waals surface area (Å²) >= 11 is 0. The molecule has 5 rings (SSSR count). The molecule has 0 fully saturated rings. The van der Waals surface area contributed by atoms with E-state index in [1.165, 1.54) is 0 Å². The normalized spacial score (nSPS) is 10.8. The summed E-state index contributed by atoms with van der Waals surface area (Å²) in [7, 11) is 0. The van der Waals surface area contributed by atoms with Crippen LogP contribution in [0.4, 0.5) is 0 Å². The lowest BCUT2D eigenvalue weighted by Crippen LogP contribution is -2.22. The van der Waals surface area contributed by atoms with Crippen molar-refractivity contribution in [2.24, 2.45) is 0 Å². The van der Waals surface area contributed by atoms with E-state index in [1.54, 1.807) is 12.1 Å². The maximum atomic E-state index is 12.8. The van der Waals surface area contributed by atoms with Crippen LogP contribution in [0, 0.1) is 13.8 Å². The zero-order valence-electron chi connectivity index (χ0n) is 20.3. The predicted molar refractivity (Wildman–Crippen MR) is 139 cm³/mol. The minimum atomic E-state index is -0.292. The number of hydrogen-bond acceptors (Lipinski definition) is 4. The topological polar surface area (TPSA) is 69.3 Å². The first-order chi connectivity index (χ1) is 17.5. The van der Waals surface area contributed by atoms with Gasteiger partial charge in [0.15, 0.2) is 5.76 Å². The van der Waals surface area contributed by atoms with Crippen LogP contribution in [0.15, 0.2) is 102 Å². The van der Waals surface area contributed by atoms with Gasteiger partial charge in [-0.1, -0.05) is 54.6 Å². The molecule has 0 bridgehead atoms. The highest BCUT2D eigenvalue weighted by Gasteiger charge is 2.16. The third-order valence-corrected chi connectivity index (χ3v) is 5.76. The SMILES string of the molecule is Cc1cc(C)cc(OCc2ccc(C(=O)NCc3cn(-c4ccccc4)nc3-c3ccccc3)o2)c1. The number of nitrogens with one attached hydrogen (secondary N) is 1. The number of benzene rings is 3. The molecule has 0 radical (unpaired) electrons. The van der Waals surface area contributed by atoms with Crippen LogP contribution in [0.25, 0.3) is 16.9 Å². The molecule has 0 aliphatic rings. The zero-order chi connectivity index (χ0) is 24.9. The van der Waals surface area contributed by atoms with Crippen molar-refractivity contribution in [2.75, 3.05) is 0 Å². The average Bonchev–Trinajstić information content (AvgIpc) is 3.54. The molecular formula is C30H27N3O3. The summed E-state index contributed by atoms with van der Waals surface area (Å²) in [5.74, 6) is 1.31. The van der Waals surface area contributed by atoms with Crippen LogP contribution >= 0.6 is 0 Å². The van der Waals surface area contributed by atoms with Crippen molar-refractivity contribution in [1.82, 2.24) is 15.1 Å². The molecule has 2 aromatic heterocycles. The summed E-state index contributed by atoms with van der Waals surface area (Å²) in [6, 6.07) is 29.3. The van der Waals surface area contributed by atoms with E-state index < -0.39 is 0 Å². The number of para-hydroxylation sites is 1. The molecule has 0 aliphatic carbocycles. The monoisotopic (exact) mass is 477 g/mol. The van der Waals surface area contributed by atoms with E-state index in [9.17, 15) is 4.79 Å². The average molecular weight is 478 g/mol. The van der Waals surface area contributed by atoms with Crippen molar-refractivity contribution >= 4 is 5.91 Å². The van der Waals surface area contributed by atoms with Gasteiger partial charge in [0, 0.05) is 23.9 Å². The summed E-state index contributed by atoms with van der Waals surface area (Å²) in [6.45, 7) is 4.62. The first-order valence-electron chi connectivity index (χ1n) is 11.8. The van der Waals surface area contributed by atoms with E-state index in [4.69, 9.17) is 14.3 Å².